The van der Waals surface area contributed by atoms with Gasteiger partial charge in [-0.2, -0.15) is 0 Å². The lowest BCUT2D eigenvalue weighted by molar-refractivity contribution is -0.123. The summed E-state index contributed by atoms with van der Waals surface area (Å²) in [4.78, 5) is 24.7. The van der Waals surface area contributed by atoms with Gasteiger partial charge in [-0.25, -0.2) is 0 Å². The van der Waals surface area contributed by atoms with E-state index in [9.17, 15) is 9.59 Å². The van der Waals surface area contributed by atoms with Gasteiger partial charge in [-0.1, -0.05) is 59.6 Å². The van der Waals surface area contributed by atoms with Gasteiger partial charge in [0, 0.05) is 22.3 Å². The highest BCUT2D eigenvalue weighted by Crippen LogP contribution is 2.21. The predicted molar refractivity (Wildman–Crippen MR) is 115 cm³/mol. The second-order valence-corrected chi connectivity index (χ2v) is 6.96. The summed E-state index contributed by atoms with van der Waals surface area (Å²) in [6.45, 7) is 0.00910. The van der Waals surface area contributed by atoms with Crippen molar-refractivity contribution >= 4 is 40.7 Å². The predicted octanol–water partition coefficient (Wildman–Crippen LogP) is 4.94. The van der Waals surface area contributed by atoms with Crippen LogP contribution < -0.4 is 15.4 Å². The Kier molecular flexibility index (Phi) is 7.11. The first-order valence-electron chi connectivity index (χ1n) is 8.82. The lowest BCUT2D eigenvalue weighted by Crippen LogP contribution is -2.29. The van der Waals surface area contributed by atoms with E-state index in [2.05, 4.69) is 10.6 Å². The summed E-state index contributed by atoms with van der Waals surface area (Å²) in [6, 6.07) is 20.9. The third kappa shape index (κ3) is 5.98. The number of hydrogen-bond donors (Lipinski definition) is 2. The Labute approximate surface area is 178 Å². The molecule has 0 atom stereocenters. The molecule has 0 saturated heterocycles. The van der Waals surface area contributed by atoms with Gasteiger partial charge in [0.2, 0.25) is 0 Å². The molecule has 7 heteroatoms. The van der Waals surface area contributed by atoms with E-state index in [1.807, 2.05) is 18.2 Å². The topological polar surface area (TPSA) is 67.4 Å². The summed E-state index contributed by atoms with van der Waals surface area (Å²) >= 11 is 12.0. The molecule has 148 valence electrons. The molecule has 2 amide bonds. The molecule has 0 heterocycles. The van der Waals surface area contributed by atoms with Gasteiger partial charge in [0.1, 0.15) is 5.75 Å². The van der Waals surface area contributed by atoms with Gasteiger partial charge in [-0.3, -0.25) is 9.59 Å². The van der Waals surface area contributed by atoms with E-state index in [-0.39, 0.29) is 25.0 Å². The fraction of sp³-hybridized carbons (Fsp3) is 0.0909. The average Bonchev–Trinajstić information content (AvgIpc) is 2.72. The molecule has 0 aliphatic rings. The maximum Gasteiger partial charge on any atom is 0.259 e. The average molecular weight is 429 g/mol. The lowest BCUT2D eigenvalue weighted by Gasteiger charge is -2.12. The van der Waals surface area contributed by atoms with E-state index in [1.165, 1.54) is 0 Å². The second kappa shape index (κ2) is 9.96. The van der Waals surface area contributed by atoms with E-state index in [1.54, 1.807) is 54.6 Å². The number of amides is 2. The maximum atomic E-state index is 12.5. The number of carbonyl (C=O) groups is 2. The SMILES string of the molecule is O=C(COc1ccccc1C(=O)Nc1ccccc1)NCc1ccc(Cl)cc1Cl. The van der Waals surface area contributed by atoms with Crippen LogP contribution >= 0.6 is 23.2 Å². The molecule has 0 unspecified atom stereocenters. The number of halogens is 2. The lowest BCUT2D eigenvalue weighted by atomic mass is 10.2. The van der Waals surface area contributed by atoms with Gasteiger partial charge in [-0.15, -0.1) is 0 Å². The van der Waals surface area contributed by atoms with Crippen LogP contribution in [0.1, 0.15) is 15.9 Å². The highest BCUT2D eigenvalue weighted by molar-refractivity contribution is 6.35. The first kappa shape index (κ1) is 20.7. The van der Waals surface area contributed by atoms with Crippen molar-refractivity contribution < 1.29 is 14.3 Å². The first-order valence-corrected chi connectivity index (χ1v) is 9.57. The smallest absolute Gasteiger partial charge is 0.259 e. The summed E-state index contributed by atoms with van der Waals surface area (Å²) in [5.41, 5.74) is 1.75. The van der Waals surface area contributed by atoms with Crippen LogP contribution in [0.25, 0.3) is 0 Å². The molecule has 0 aromatic heterocycles. The van der Waals surface area contributed by atoms with Crippen molar-refractivity contribution in [3.8, 4) is 5.75 Å². The quantitative estimate of drug-likeness (QED) is 0.559. The molecule has 2 N–H and O–H groups in total. The summed E-state index contributed by atoms with van der Waals surface area (Å²) in [6.07, 6.45) is 0. The zero-order valence-electron chi connectivity index (χ0n) is 15.3. The van der Waals surface area contributed by atoms with Crippen molar-refractivity contribution in [1.82, 2.24) is 5.32 Å². The molecule has 0 saturated carbocycles. The minimum Gasteiger partial charge on any atom is -0.483 e. The molecule has 0 spiro atoms. The van der Waals surface area contributed by atoms with Crippen LogP contribution in [-0.2, 0) is 11.3 Å². The fourth-order valence-electron chi connectivity index (χ4n) is 2.55. The first-order chi connectivity index (χ1) is 14.0. The zero-order valence-corrected chi connectivity index (χ0v) is 16.8. The second-order valence-electron chi connectivity index (χ2n) is 6.12. The van der Waals surface area contributed by atoms with Crippen LogP contribution in [0.4, 0.5) is 5.69 Å². The van der Waals surface area contributed by atoms with Crippen LogP contribution in [0.15, 0.2) is 72.8 Å². The Hall–Kier alpha value is -3.02. The van der Waals surface area contributed by atoms with Crippen molar-refractivity contribution in [1.29, 1.82) is 0 Å². The zero-order chi connectivity index (χ0) is 20.6. The standard InChI is InChI=1S/C22H18Cl2N2O3/c23-16-11-10-15(19(24)12-16)13-25-21(27)14-29-20-9-5-4-8-18(20)22(28)26-17-6-2-1-3-7-17/h1-12H,13-14H2,(H,25,27)(H,26,28). The molecule has 0 fully saturated rings. The normalized spacial score (nSPS) is 10.3. The highest BCUT2D eigenvalue weighted by Gasteiger charge is 2.14. The fourth-order valence-corrected chi connectivity index (χ4v) is 3.03. The maximum absolute atomic E-state index is 12.5. The molecule has 3 aromatic carbocycles. The van der Waals surface area contributed by atoms with E-state index < -0.39 is 0 Å². The van der Waals surface area contributed by atoms with E-state index in [0.717, 1.165) is 5.56 Å². The van der Waals surface area contributed by atoms with Crippen LogP contribution in [0.2, 0.25) is 10.0 Å². The molecule has 0 radical (unpaired) electrons. The third-order valence-corrected chi connectivity index (χ3v) is 4.60. The van der Waals surface area contributed by atoms with E-state index in [4.69, 9.17) is 27.9 Å². The van der Waals surface area contributed by atoms with Gasteiger partial charge in [0.15, 0.2) is 6.61 Å². The van der Waals surface area contributed by atoms with Gasteiger partial charge in [-0.05, 0) is 42.0 Å². The van der Waals surface area contributed by atoms with Gasteiger partial charge in [0.05, 0.1) is 5.56 Å². The number of anilines is 1. The Balaban J connectivity index is 1.57. The molecule has 3 rings (SSSR count). The van der Waals surface area contributed by atoms with Crippen molar-refractivity contribution in [2.45, 2.75) is 6.54 Å². The minimum atomic E-state index is -0.339. The number of ether oxygens (including phenoxy) is 1. The van der Waals surface area contributed by atoms with E-state index in [0.29, 0.717) is 27.0 Å². The van der Waals surface area contributed by atoms with Crippen molar-refractivity contribution in [2.24, 2.45) is 0 Å². The van der Waals surface area contributed by atoms with Crippen LogP contribution in [0.3, 0.4) is 0 Å². The largest absolute Gasteiger partial charge is 0.483 e. The number of rotatable bonds is 7. The summed E-state index contributed by atoms with van der Waals surface area (Å²) in [5.74, 6) is -0.338. The molecular formula is C22H18Cl2N2O3. The molecule has 0 bridgehead atoms. The van der Waals surface area contributed by atoms with Crippen LogP contribution in [0.5, 0.6) is 5.75 Å². The van der Waals surface area contributed by atoms with Crippen LogP contribution in [0, 0.1) is 0 Å². The number of para-hydroxylation sites is 2. The summed E-state index contributed by atoms with van der Waals surface area (Å²) in [5, 5.41) is 6.53. The van der Waals surface area contributed by atoms with Crippen LogP contribution in [-0.4, -0.2) is 18.4 Å². The molecule has 0 aliphatic heterocycles. The Bertz CT molecular complexity index is 1010. The van der Waals surface area contributed by atoms with Gasteiger partial charge >= 0.3 is 0 Å². The van der Waals surface area contributed by atoms with Crippen molar-refractivity contribution in [2.75, 3.05) is 11.9 Å². The van der Waals surface area contributed by atoms with E-state index >= 15 is 0 Å². The molecular weight excluding hydrogens is 411 g/mol. The van der Waals surface area contributed by atoms with Gasteiger partial charge < -0.3 is 15.4 Å². The van der Waals surface area contributed by atoms with Crippen molar-refractivity contribution in [3.05, 3.63) is 94.0 Å². The molecule has 5 nitrogen and oxygen atoms in total. The molecule has 0 aliphatic carbocycles. The number of benzene rings is 3. The summed E-state index contributed by atoms with van der Waals surface area (Å²) in [7, 11) is 0. The Morgan fingerprint density at radius 1 is 0.897 bits per heavy atom. The molecule has 29 heavy (non-hydrogen) atoms. The Morgan fingerprint density at radius 2 is 1.62 bits per heavy atom. The van der Waals surface area contributed by atoms with Gasteiger partial charge in [0.25, 0.3) is 11.8 Å². The monoisotopic (exact) mass is 428 g/mol. The number of nitrogens with one attached hydrogen (secondary N) is 2. The van der Waals surface area contributed by atoms with Crippen molar-refractivity contribution in [3.63, 3.8) is 0 Å². The minimum absolute atomic E-state index is 0.235. The highest BCUT2D eigenvalue weighted by atomic mass is 35.5. The molecule has 3 aromatic rings. The summed E-state index contributed by atoms with van der Waals surface area (Å²) < 4.78 is 5.57. The third-order valence-electron chi connectivity index (χ3n) is 4.01. The Morgan fingerprint density at radius 3 is 2.38 bits per heavy atom. The number of carbonyl (C=O) groups excluding carboxylic acids is 2. The number of hydrogen-bond acceptors (Lipinski definition) is 3.